The molecule has 8 heteroatoms. The number of carbonyl (C=O) groups excluding carboxylic acids is 1. The van der Waals surface area contributed by atoms with Crippen molar-refractivity contribution >= 4 is 39.6 Å². The lowest BCUT2D eigenvalue weighted by Gasteiger charge is -2.23. The third-order valence-electron chi connectivity index (χ3n) is 4.88. The molecule has 150 valence electrons. The fraction of sp³-hybridized carbons (Fsp3) is 0.286. The summed E-state index contributed by atoms with van der Waals surface area (Å²) in [6.07, 6.45) is 1.74. The van der Waals surface area contributed by atoms with Gasteiger partial charge in [0.2, 0.25) is 0 Å². The molecule has 0 aliphatic carbocycles. The summed E-state index contributed by atoms with van der Waals surface area (Å²) in [6, 6.07) is 10.2. The van der Waals surface area contributed by atoms with Gasteiger partial charge in [-0.3, -0.25) is 4.79 Å². The molecule has 4 rings (SSSR count). The monoisotopic (exact) mass is 425 g/mol. The predicted octanol–water partition coefficient (Wildman–Crippen LogP) is 4.27. The van der Waals surface area contributed by atoms with E-state index in [9.17, 15) is 4.79 Å². The molecule has 1 amide bonds. The maximum absolute atomic E-state index is 13.2. The minimum Gasteiger partial charge on any atom is -0.350 e. The molecule has 0 saturated heterocycles. The van der Waals surface area contributed by atoms with Gasteiger partial charge in [-0.25, -0.2) is 9.67 Å². The lowest BCUT2D eigenvalue weighted by molar-refractivity contribution is 0.0944. The highest BCUT2D eigenvalue weighted by Gasteiger charge is 2.20. The predicted molar refractivity (Wildman–Crippen MR) is 120 cm³/mol. The molecule has 6 nitrogen and oxygen atoms in total. The van der Waals surface area contributed by atoms with Gasteiger partial charge in [0.1, 0.15) is 0 Å². The average Bonchev–Trinajstić information content (AvgIpc) is 3.47. The normalized spacial score (nSPS) is 12.6. The number of fused-ring (bicyclic) bond motifs is 1. The Morgan fingerprint density at radius 2 is 2.03 bits per heavy atom. The standard InChI is InChI=1S/C21H23N5OS2/c1-4-26-20-15(12-23-26)14(11-16(24-20)18-7-5-9-28-18)21(27)22-13-17(25(2)3)19-8-6-10-29-19/h5-12,17H,4,13H2,1-3H3,(H,22,27). The van der Waals surface area contributed by atoms with Crippen molar-refractivity contribution in [1.29, 1.82) is 0 Å². The molecule has 4 aromatic rings. The Hall–Kier alpha value is -2.55. The Morgan fingerprint density at radius 1 is 1.24 bits per heavy atom. The Labute approximate surface area is 177 Å². The number of hydrogen-bond acceptors (Lipinski definition) is 6. The molecule has 0 aliphatic rings. The Kier molecular flexibility index (Phi) is 5.75. The van der Waals surface area contributed by atoms with Crippen molar-refractivity contribution in [3.8, 4) is 10.6 Å². The second kappa shape index (κ2) is 8.44. The van der Waals surface area contributed by atoms with Gasteiger partial charge in [-0.15, -0.1) is 22.7 Å². The van der Waals surface area contributed by atoms with E-state index in [2.05, 4.69) is 26.8 Å². The van der Waals surface area contributed by atoms with Crippen LogP contribution in [0.25, 0.3) is 21.6 Å². The van der Waals surface area contributed by atoms with E-state index >= 15 is 0 Å². The smallest absolute Gasteiger partial charge is 0.252 e. The number of aryl methyl sites for hydroxylation is 1. The Morgan fingerprint density at radius 3 is 2.69 bits per heavy atom. The fourth-order valence-electron chi connectivity index (χ4n) is 3.32. The van der Waals surface area contributed by atoms with Crippen LogP contribution in [0.5, 0.6) is 0 Å². The van der Waals surface area contributed by atoms with Crippen molar-refractivity contribution in [2.75, 3.05) is 20.6 Å². The van der Waals surface area contributed by atoms with E-state index in [-0.39, 0.29) is 11.9 Å². The number of aromatic nitrogens is 3. The first-order chi connectivity index (χ1) is 14.1. The van der Waals surface area contributed by atoms with E-state index in [4.69, 9.17) is 4.98 Å². The minimum atomic E-state index is -0.103. The lowest BCUT2D eigenvalue weighted by atomic mass is 10.1. The highest BCUT2D eigenvalue weighted by atomic mass is 32.1. The van der Waals surface area contributed by atoms with Gasteiger partial charge in [-0.05, 0) is 50.0 Å². The van der Waals surface area contributed by atoms with Gasteiger partial charge in [0, 0.05) is 18.0 Å². The molecule has 1 N–H and O–H groups in total. The average molecular weight is 426 g/mol. The van der Waals surface area contributed by atoms with Gasteiger partial charge in [0.15, 0.2) is 5.65 Å². The largest absolute Gasteiger partial charge is 0.350 e. The molecule has 0 bridgehead atoms. The van der Waals surface area contributed by atoms with Crippen LogP contribution in [-0.4, -0.2) is 46.2 Å². The summed E-state index contributed by atoms with van der Waals surface area (Å²) in [4.78, 5) is 22.4. The summed E-state index contributed by atoms with van der Waals surface area (Å²) in [5.41, 5.74) is 2.16. The summed E-state index contributed by atoms with van der Waals surface area (Å²) in [7, 11) is 4.06. The van der Waals surface area contributed by atoms with Crippen molar-refractivity contribution in [2.45, 2.75) is 19.5 Å². The van der Waals surface area contributed by atoms with Gasteiger partial charge in [-0.1, -0.05) is 12.1 Å². The van der Waals surface area contributed by atoms with Gasteiger partial charge in [0.25, 0.3) is 5.91 Å². The second-order valence-corrected chi connectivity index (χ2v) is 8.86. The Bertz CT molecular complexity index is 1100. The quantitative estimate of drug-likeness (QED) is 0.480. The van der Waals surface area contributed by atoms with Crippen LogP contribution in [0.4, 0.5) is 0 Å². The zero-order chi connectivity index (χ0) is 20.4. The molecule has 4 heterocycles. The van der Waals surface area contributed by atoms with Crippen LogP contribution in [0.2, 0.25) is 0 Å². The highest BCUT2D eigenvalue weighted by molar-refractivity contribution is 7.13. The third kappa shape index (κ3) is 3.96. The Balaban J connectivity index is 1.67. The SMILES string of the molecule is CCn1ncc2c(C(=O)NCC(c3cccs3)N(C)C)cc(-c3cccs3)nc21. The first kappa shape index (κ1) is 19.8. The van der Waals surface area contributed by atoms with Crippen molar-refractivity contribution in [2.24, 2.45) is 0 Å². The molecular weight excluding hydrogens is 402 g/mol. The molecular formula is C21H23N5OS2. The van der Waals surface area contributed by atoms with Crippen molar-refractivity contribution in [3.63, 3.8) is 0 Å². The summed E-state index contributed by atoms with van der Waals surface area (Å²) in [6.45, 7) is 3.26. The van der Waals surface area contributed by atoms with Crippen LogP contribution >= 0.6 is 22.7 Å². The van der Waals surface area contributed by atoms with Crippen LogP contribution in [0.15, 0.2) is 47.3 Å². The van der Waals surface area contributed by atoms with E-state index < -0.39 is 0 Å². The minimum absolute atomic E-state index is 0.103. The number of hydrogen-bond donors (Lipinski definition) is 1. The van der Waals surface area contributed by atoms with Crippen molar-refractivity contribution in [1.82, 2.24) is 25.0 Å². The zero-order valence-electron chi connectivity index (χ0n) is 16.6. The third-order valence-corrected chi connectivity index (χ3v) is 6.74. The van der Waals surface area contributed by atoms with Crippen LogP contribution < -0.4 is 5.32 Å². The lowest BCUT2D eigenvalue weighted by Crippen LogP contribution is -2.34. The molecule has 29 heavy (non-hydrogen) atoms. The molecule has 0 aliphatic heterocycles. The number of amides is 1. The number of nitrogens with one attached hydrogen (secondary N) is 1. The zero-order valence-corrected chi connectivity index (χ0v) is 18.3. The summed E-state index contributed by atoms with van der Waals surface area (Å²) in [5.74, 6) is -0.103. The number of rotatable bonds is 7. The van der Waals surface area contributed by atoms with E-state index in [0.717, 1.165) is 21.6 Å². The van der Waals surface area contributed by atoms with Gasteiger partial charge in [0.05, 0.1) is 33.8 Å². The van der Waals surface area contributed by atoms with Gasteiger partial charge < -0.3 is 10.2 Å². The topological polar surface area (TPSA) is 63.1 Å². The summed E-state index contributed by atoms with van der Waals surface area (Å²) < 4.78 is 1.83. The second-order valence-electron chi connectivity index (χ2n) is 6.93. The number of pyridine rings is 1. The van der Waals surface area contributed by atoms with Crippen LogP contribution in [0.1, 0.15) is 28.2 Å². The number of thiophene rings is 2. The first-order valence-electron chi connectivity index (χ1n) is 9.47. The van der Waals surface area contributed by atoms with Crippen LogP contribution in [-0.2, 0) is 6.54 Å². The molecule has 1 unspecified atom stereocenters. The maximum Gasteiger partial charge on any atom is 0.252 e. The van der Waals surface area contributed by atoms with Gasteiger partial charge in [-0.2, -0.15) is 5.10 Å². The van der Waals surface area contributed by atoms with E-state index in [1.807, 2.05) is 55.3 Å². The number of carbonyl (C=O) groups is 1. The van der Waals surface area contributed by atoms with Crippen molar-refractivity contribution < 1.29 is 4.79 Å². The summed E-state index contributed by atoms with van der Waals surface area (Å²) in [5, 5.41) is 12.4. The molecule has 0 aromatic carbocycles. The molecule has 0 spiro atoms. The first-order valence-corrected chi connectivity index (χ1v) is 11.2. The fourth-order valence-corrected chi connectivity index (χ4v) is 4.93. The number of nitrogens with zero attached hydrogens (tertiary/aromatic N) is 4. The molecule has 0 radical (unpaired) electrons. The summed E-state index contributed by atoms with van der Waals surface area (Å²) >= 11 is 3.31. The molecule has 0 fully saturated rings. The van der Waals surface area contributed by atoms with E-state index in [0.29, 0.717) is 18.7 Å². The van der Waals surface area contributed by atoms with Crippen molar-refractivity contribution in [3.05, 3.63) is 57.7 Å². The van der Waals surface area contributed by atoms with E-state index in [1.165, 1.54) is 4.88 Å². The van der Waals surface area contributed by atoms with E-state index in [1.54, 1.807) is 28.9 Å². The number of likely N-dealkylation sites (N-methyl/N-ethyl adjacent to an activating group) is 1. The van der Waals surface area contributed by atoms with Crippen LogP contribution in [0, 0.1) is 0 Å². The molecule has 4 aromatic heterocycles. The van der Waals surface area contributed by atoms with Gasteiger partial charge >= 0.3 is 0 Å². The molecule has 0 saturated carbocycles. The highest BCUT2D eigenvalue weighted by Crippen LogP contribution is 2.28. The maximum atomic E-state index is 13.2. The molecule has 1 atom stereocenters. The van der Waals surface area contributed by atoms with Crippen LogP contribution in [0.3, 0.4) is 0 Å².